The van der Waals surface area contributed by atoms with Crippen LogP contribution in [0.2, 0.25) is 0 Å². The first kappa shape index (κ1) is 10.4. The van der Waals surface area contributed by atoms with Gasteiger partial charge in [-0.15, -0.1) is 0 Å². The molecular weight excluding hydrogens is 190 g/mol. The van der Waals surface area contributed by atoms with Gasteiger partial charge in [0, 0.05) is 6.54 Å². The molecule has 3 nitrogen and oxygen atoms in total. The fraction of sp³-hybridized carbons (Fsp3) is 0.583. The summed E-state index contributed by atoms with van der Waals surface area (Å²) < 4.78 is 5.06. The fourth-order valence-corrected chi connectivity index (χ4v) is 2.19. The van der Waals surface area contributed by atoms with Crippen LogP contribution in [0.15, 0.2) is 23.3 Å². The zero-order valence-electron chi connectivity index (χ0n) is 9.08. The molecular formula is C12H17NO2. The van der Waals surface area contributed by atoms with Gasteiger partial charge in [-0.2, -0.15) is 0 Å². The molecule has 0 spiro atoms. The number of fused-ring (bicyclic) bond motifs is 1. The zero-order valence-corrected chi connectivity index (χ0v) is 9.08. The highest BCUT2D eigenvalue weighted by molar-refractivity contribution is 5.81. The number of allylic oxidation sites excluding steroid dienone is 2. The Morgan fingerprint density at radius 1 is 1.53 bits per heavy atom. The average molecular weight is 207 g/mol. The maximum Gasteiger partial charge on any atom is 0.327 e. The van der Waals surface area contributed by atoms with E-state index in [4.69, 9.17) is 4.74 Å². The molecule has 1 unspecified atom stereocenters. The van der Waals surface area contributed by atoms with E-state index in [1.54, 1.807) is 0 Å². The predicted octanol–water partition coefficient (Wildman–Crippen LogP) is 1.56. The number of carbonyl (C=O) groups excluding carboxylic acids is 1. The van der Waals surface area contributed by atoms with Crippen molar-refractivity contribution in [3.8, 4) is 0 Å². The van der Waals surface area contributed by atoms with Crippen molar-refractivity contribution < 1.29 is 9.53 Å². The molecule has 0 bridgehead atoms. The van der Waals surface area contributed by atoms with Crippen LogP contribution in [-0.2, 0) is 9.53 Å². The molecule has 0 saturated carbocycles. The van der Waals surface area contributed by atoms with Gasteiger partial charge in [0.25, 0.3) is 0 Å². The van der Waals surface area contributed by atoms with Gasteiger partial charge in [0.15, 0.2) is 0 Å². The van der Waals surface area contributed by atoms with Crippen LogP contribution in [0.4, 0.5) is 0 Å². The quantitative estimate of drug-likeness (QED) is 0.698. The fourth-order valence-electron chi connectivity index (χ4n) is 2.19. The molecule has 1 fully saturated rings. The van der Waals surface area contributed by atoms with E-state index in [0.717, 1.165) is 31.4 Å². The molecule has 1 aliphatic carbocycles. The minimum Gasteiger partial charge on any atom is -0.465 e. The molecule has 0 radical (unpaired) electrons. The summed E-state index contributed by atoms with van der Waals surface area (Å²) in [7, 11) is 0. The van der Waals surface area contributed by atoms with E-state index < -0.39 is 0 Å². The summed E-state index contributed by atoms with van der Waals surface area (Å²) in [5, 5.41) is 3.22. The molecule has 0 aromatic heterocycles. The second-order valence-electron chi connectivity index (χ2n) is 3.86. The van der Waals surface area contributed by atoms with Gasteiger partial charge in [0.2, 0.25) is 0 Å². The van der Waals surface area contributed by atoms with Crippen molar-refractivity contribution in [1.29, 1.82) is 0 Å². The molecule has 2 rings (SSSR count). The summed E-state index contributed by atoms with van der Waals surface area (Å²) in [6.07, 6.45) is 7.60. The van der Waals surface area contributed by atoms with Crippen LogP contribution in [0.5, 0.6) is 0 Å². The highest BCUT2D eigenvalue weighted by Crippen LogP contribution is 2.27. The Kier molecular flexibility index (Phi) is 3.21. The van der Waals surface area contributed by atoms with Crippen molar-refractivity contribution in [3.63, 3.8) is 0 Å². The number of rotatable bonds is 2. The van der Waals surface area contributed by atoms with E-state index in [-0.39, 0.29) is 12.0 Å². The average Bonchev–Trinajstić information content (AvgIpc) is 2.28. The van der Waals surface area contributed by atoms with Gasteiger partial charge in [-0.05, 0) is 37.3 Å². The highest BCUT2D eigenvalue weighted by Gasteiger charge is 2.29. The summed E-state index contributed by atoms with van der Waals surface area (Å²) in [6.45, 7) is 3.16. The minimum atomic E-state index is -0.231. The zero-order chi connectivity index (χ0) is 10.7. The topological polar surface area (TPSA) is 38.3 Å². The van der Waals surface area contributed by atoms with Crippen LogP contribution < -0.4 is 5.32 Å². The van der Waals surface area contributed by atoms with Crippen LogP contribution >= 0.6 is 0 Å². The molecule has 1 aliphatic heterocycles. The molecule has 0 amide bonds. The van der Waals surface area contributed by atoms with Crippen LogP contribution in [0.1, 0.15) is 26.2 Å². The van der Waals surface area contributed by atoms with Gasteiger partial charge < -0.3 is 10.1 Å². The summed E-state index contributed by atoms with van der Waals surface area (Å²) in [5.41, 5.74) is 2.48. The van der Waals surface area contributed by atoms with Crippen LogP contribution in [0.3, 0.4) is 0 Å². The number of piperidine rings is 1. The SMILES string of the molecule is CCOC(=O)C1NCCC2=CCCC=C21. The Bertz CT molecular complexity index is 318. The first-order valence-electron chi connectivity index (χ1n) is 5.62. The lowest BCUT2D eigenvalue weighted by Gasteiger charge is -2.29. The second kappa shape index (κ2) is 4.62. The number of esters is 1. The summed E-state index contributed by atoms with van der Waals surface area (Å²) in [5.74, 6) is -0.142. The molecule has 2 aliphatic rings. The smallest absolute Gasteiger partial charge is 0.327 e. The standard InChI is InChI=1S/C12H17NO2/c1-2-15-12(14)11-10-6-4-3-5-9(10)7-8-13-11/h5-6,11,13H,2-4,7-8H2,1H3. The number of hydrogen-bond acceptors (Lipinski definition) is 3. The van der Waals surface area contributed by atoms with Gasteiger partial charge in [0.05, 0.1) is 6.61 Å². The number of carbonyl (C=O) groups is 1. The predicted molar refractivity (Wildman–Crippen MR) is 58.4 cm³/mol. The first-order chi connectivity index (χ1) is 7.33. The summed E-state index contributed by atoms with van der Waals surface area (Å²) in [6, 6.07) is -0.231. The molecule has 1 heterocycles. The Labute approximate surface area is 90.2 Å². The van der Waals surface area contributed by atoms with Gasteiger partial charge in [0.1, 0.15) is 6.04 Å². The van der Waals surface area contributed by atoms with Crippen molar-refractivity contribution in [2.45, 2.75) is 32.2 Å². The Morgan fingerprint density at radius 3 is 3.13 bits per heavy atom. The molecule has 82 valence electrons. The van der Waals surface area contributed by atoms with E-state index >= 15 is 0 Å². The third-order valence-corrected chi connectivity index (χ3v) is 2.87. The summed E-state index contributed by atoms with van der Waals surface area (Å²) >= 11 is 0. The first-order valence-corrected chi connectivity index (χ1v) is 5.62. The highest BCUT2D eigenvalue weighted by atomic mass is 16.5. The third-order valence-electron chi connectivity index (χ3n) is 2.87. The maximum absolute atomic E-state index is 11.7. The largest absolute Gasteiger partial charge is 0.465 e. The lowest BCUT2D eigenvalue weighted by atomic mass is 9.87. The van der Waals surface area contributed by atoms with Gasteiger partial charge in [-0.25, -0.2) is 4.79 Å². The van der Waals surface area contributed by atoms with E-state index in [9.17, 15) is 4.79 Å². The molecule has 1 atom stereocenters. The number of ether oxygens (including phenoxy) is 1. The van der Waals surface area contributed by atoms with Crippen LogP contribution in [-0.4, -0.2) is 25.2 Å². The molecule has 1 saturated heterocycles. The lowest BCUT2D eigenvalue weighted by Crippen LogP contribution is -2.44. The van der Waals surface area contributed by atoms with E-state index in [1.165, 1.54) is 5.57 Å². The Hall–Kier alpha value is -1.09. The Balaban J connectivity index is 2.14. The van der Waals surface area contributed by atoms with Gasteiger partial charge in [-0.3, -0.25) is 0 Å². The normalized spacial score (nSPS) is 25.0. The van der Waals surface area contributed by atoms with Crippen LogP contribution in [0, 0.1) is 0 Å². The molecule has 1 N–H and O–H groups in total. The molecule has 3 heteroatoms. The second-order valence-corrected chi connectivity index (χ2v) is 3.86. The summed E-state index contributed by atoms with van der Waals surface area (Å²) in [4.78, 5) is 11.7. The van der Waals surface area contributed by atoms with Crippen molar-refractivity contribution in [1.82, 2.24) is 5.32 Å². The minimum absolute atomic E-state index is 0.142. The van der Waals surface area contributed by atoms with Gasteiger partial charge >= 0.3 is 5.97 Å². The third kappa shape index (κ3) is 2.12. The van der Waals surface area contributed by atoms with E-state index in [2.05, 4.69) is 17.5 Å². The number of hydrogen-bond donors (Lipinski definition) is 1. The molecule has 15 heavy (non-hydrogen) atoms. The maximum atomic E-state index is 11.7. The molecule has 0 aromatic carbocycles. The van der Waals surface area contributed by atoms with Crippen molar-refractivity contribution in [2.24, 2.45) is 0 Å². The van der Waals surface area contributed by atoms with E-state index in [1.807, 2.05) is 6.92 Å². The van der Waals surface area contributed by atoms with Crippen LogP contribution in [0.25, 0.3) is 0 Å². The van der Waals surface area contributed by atoms with E-state index in [0.29, 0.717) is 6.61 Å². The van der Waals surface area contributed by atoms with Crippen molar-refractivity contribution in [3.05, 3.63) is 23.3 Å². The monoisotopic (exact) mass is 207 g/mol. The van der Waals surface area contributed by atoms with Gasteiger partial charge in [-0.1, -0.05) is 12.2 Å². The Morgan fingerprint density at radius 2 is 2.33 bits per heavy atom. The lowest BCUT2D eigenvalue weighted by molar-refractivity contribution is -0.144. The molecule has 0 aromatic rings. The number of nitrogens with one attached hydrogen (secondary N) is 1. The van der Waals surface area contributed by atoms with Crippen molar-refractivity contribution >= 4 is 5.97 Å². The van der Waals surface area contributed by atoms with Crippen molar-refractivity contribution in [2.75, 3.05) is 13.2 Å².